The Hall–Kier alpha value is -0.130. The molecule has 0 aromatic rings. The van der Waals surface area contributed by atoms with Gasteiger partial charge in [0.25, 0.3) is 0 Å². The van der Waals surface area contributed by atoms with E-state index in [4.69, 9.17) is 0 Å². The van der Waals surface area contributed by atoms with Gasteiger partial charge < -0.3 is 5.32 Å². The number of sulfonamides is 1. The lowest BCUT2D eigenvalue weighted by Crippen LogP contribution is -2.33. The Balaban J connectivity index is 1.59. The van der Waals surface area contributed by atoms with Crippen molar-refractivity contribution < 1.29 is 8.42 Å². The van der Waals surface area contributed by atoms with Crippen molar-refractivity contribution in [3.8, 4) is 0 Å². The SMILES string of the molecule is O=S(=O)(CCNC1CC1)NCC1CC1. The molecule has 2 aliphatic carbocycles. The Morgan fingerprint density at radius 2 is 1.86 bits per heavy atom. The molecule has 2 fully saturated rings. The highest BCUT2D eigenvalue weighted by Crippen LogP contribution is 2.27. The summed E-state index contributed by atoms with van der Waals surface area (Å²) in [5.74, 6) is 0.831. The van der Waals surface area contributed by atoms with Gasteiger partial charge in [-0.05, 0) is 31.6 Å². The van der Waals surface area contributed by atoms with Crippen molar-refractivity contribution in [3.63, 3.8) is 0 Å². The van der Waals surface area contributed by atoms with Crippen molar-refractivity contribution in [2.75, 3.05) is 18.8 Å². The maximum absolute atomic E-state index is 11.4. The number of hydrogen-bond donors (Lipinski definition) is 2. The molecule has 0 saturated heterocycles. The molecule has 0 aliphatic heterocycles. The van der Waals surface area contributed by atoms with E-state index in [2.05, 4.69) is 10.0 Å². The van der Waals surface area contributed by atoms with E-state index >= 15 is 0 Å². The normalized spacial score (nSPS) is 22.6. The fourth-order valence-corrected chi connectivity index (χ4v) is 2.34. The van der Waals surface area contributed by atoms with Crippen LogP contribution in [0.5, 0.6) is 0 Å². The minimum absolute atomic E-state index is 0.218. The third-order valence-corrected chi connectivity index (χ3v) is 4.02. The maximum atomic E-state index is 11.4. The fourth-order valence-electron chi connectivity index (χ4n) is 1.32. The molecule has 82 valence electrons. The molecule has 2 saturated carbocycles. The van der Waals surface area contributed by atoms with Gasteiger partial charge >= 0.3 is 0 Å². The lowest BCUT2D eigenvalue weighted by molar-refractivity contribution is 0.572. The molecular weight excluding hydrogens is 200 g/mol. The minimum atomic E-state index is -3.02. The third kappa shape index (κ3) is 3.94. The third-order valence-electron chi connectivity index (χ3n) is 2.67. The Morgan fingerprint density at radius 1 is 1.14 bits per heavy atom. The van der Waals surface area contributed by atoms with E-state index < -0.39 is 10.0 Å². The topological polar surface area (TPSA) is 58.2 Å². The van der Waals surface area contributed by atoms with Crippen molar-refractivity contribution in [1.82, 2.24) is 10.0 Å². The van der Waals surface area contributed by atoms with E-state index in [0.29, 0.717) is 25.0 Å². The predicted molar refractivity (Wildman–Crippen MR) is 55.5 cm³/mol. The quantitative estimate of drug-likeness (QED) is 0.635. The molecule has 14 heavy (non-hydrogen) atoms. The van der Waals surface area contributed by atoms with E-state index in [1.54, 1.807) is 0 Å². The summed E-state index contributed by atoms with van der Waals surface area (Å²) in [5, 5.41) is 3.20. The summed E-state index contributed by atoms with van der Waals surface area (Å²) in [6.07, 6.45) is 4.77. The zero-order valence-electron chi connectivity index (χ0n) is 8.33. The van der Waals surface area contributed by atoms with E-state index in [1.165, 1.54) is 25.7 Å². The standard InChI is InChI=1S/C9H18N2O2S/c12-14(13,11-7-8-1-2-8)6-5-10-9-3-4-9/h8-11H,1-7H2. The van der Waals surface area contributed by atoms with Crippen molar-refractivity contribution >= 4 is 10.0 Å². The van der Waals surface area contributed by atoms with E-state index in [1.807, 2.05) is 0 Å². The highest BCUT2D eigenvalue weighted by Gasteiger charge is 2.24. The second-order valence-electron chi connectivity index (χ2n) is 4.34. The summed E-state index contributed by atoms with van der Waals surface area (Å²) in [6, 6.07) is 0.591. The lowest BCUT2D eigenvalue weighted by Gasteiger charge is -2.06. The molecular formula is C9H18N2O2S. The summed E-state index contributed by atoms with van der Waals surface area (Å²) in [7, 11) is -3.02. The lowest BCUT2D eigenvalue weighted by atomic mass is 10.4. The largest absolute Gasteiger partial charge is 0.313 e. The van der Waals surface area contributed by atoms with Gasteiger partial charge in [0.1, 0.15) is 0 Å². The molecule has 0 aromatic carbocycles. The first-order chi connectivity index (χ1) is 6.66. The summed E-state index contributed by atoms with van der Waals surface area (Å²) in [5.41, 5.74) is 0. The Kier molecular flexibility index (Phi) is 3.09. The predicted octanol–water partition coefficient (Wildman–Crippen LogP) is 0.0678. The van der Waals surface area contributed by atoms with Gasteiger partial charge in [-0.25, -0.2) is 13.1 Å². The molecule has 0 bridgehead atoms. The molecule has 0 heterocycles. The first kappa shape index (κ1) is 10.4. The van der Waals surface area contributed by atoms with Gasteiger partial charge in [-0.3, -0.25) is 0 Å². The van der Waals surface area contributed by atoms with E-state index in [-0.39, 0.29) is 5.75 Å². The molecule has 0 radical (unpaired) electrons. The van der Waals surface area contributed by atoms with Gasteiger partial charge in [0.15, 0.2) is 0 Å². The molecule has 2 N–H and O–H groups in total. The average Bonchev–Trinajstić information content (AvgIpc) is 2.97. The number of nitrogens with one attached hydrogen (secondary N) is 2. The highest BCUT2D eigenvalue weighted by atomic mass is 32.2. The van der Waals surface area contributed by atoms with Gasteiger partial charge in [-0.1, -0.05) is 0 Å². The van der Waals surface area contributed by atoms with E-state index in [0.717, 1.165) is 0 Å². The van der Waals surface area contributed by atoms with Crippen LogP contribution in [0.1, 0.15) is 25.7 Å². The first-order valence-corrected chi connectivity index (χ1v) is 7.02. The van der Waals surface area contributed by atoms with Crippen molar-refractivity contribution in [1.29, 1.82) is 0 Å². The van der Waals surface area contributed by atoms with Gasteiger partial charge in [0.05, 0.1) is 5.75 Å². The smallest absolute Gasteiger partial charge is 0.212 e. The molecule has 0 atom stereocenters. The van der Waals surface area contributed by atoms with Crippen LogP contribution in [-0.4, -0.2) is 33.3 Å². The van der Waals surface area contributed by atoms with Crippen LogP contribution in [0.4, 0.5) is 0 Å². The number of rotatable bonds is 7. The Labute approximate surface area is 85.5 Å². The Morgan fingerprint density at radius 3 is 2.43 bits per heavy atom. The van der Waals surface area contributed by atoms with Crippen molar-refractivity contribution in [3.05, 3.63) is 0 Å². The molecule has 5 heteroatoms. The molecule has 2 aliphatic rings. The molecule has 0 aromatic heterocycles. The average molecular weight is 218 g/mol. The fraction of sp³-hybridized carbons (Fsp3) is 1.00. The molecule has 0 spiro atoms. The van der Waals surface area contributed by atoms with Gasteiger partial charge in [-0.15, -0.1) is 0 Å². The van der Waals surface area contributed by atoms with Crippen LogP contribution >= 0.6 is 0 Å². The van der Waals surface area contributed by atoms with Gasteiger partial charge in [0, 0.05) is 19.1 Å². The highest BCUT2D eigenvalue weighted by molar-refractivity contribution is 7.89. The van der Waals surface area contributed by atoms with Crippen LogP contribution in [0, 0.1) is 5.92 Å². The summed E-state index contributed by atoms with van der Waals surface area (Å²) >= 11 is 0. The van der Waals surface area contributed by atoms with Crippen LogP contribution in [0.2, 0.25) is 0 Å². The van der Waals surface area contributed by atoms with Crippen molar-refractivity contribution in [2.24, 2.45) is 5.92 Å². The Bertz CT molecular complexity index is 281. The zero-order chi connectivity index (χ0) is 10.0. The van der Waals surface area contributed by atoms with Crippen LogP contribution in [0.15, 0.2) is 0 Å². The zero-order valence-corrected chi connectivity index (χ0v) is 9.15. The van der Waals surface area contributed by atoms with Gasteiger partial charge in [-0.2, -0.15) is 0 Å². The van der Waals surface area contributed by atoms with E-state index in [9.17, 15) is 8.42 Å². The van der Waals surface area contributed by atoms with Crippen LogP contribution in [-0.2, 0) is 10.0 Å². The first-order valence-electron chi connectivity index (χ1n) is 5.36. The number of hydrogen-bond acceptors (Lipinski definition) is 3. The van der Waals surface area contributed by atoms with Crippen LogP contribution in [0.3, 0.4) is 0 Å². The van der Waals surface area contributed by atoms with Gasteiger partial charge in [0.2, 0.25) is 10.0 Å². The summed E-state index contributed by atoms with van der Waals surface area (Å²) in [4.78, 5) is 0. The van der Waals surface area contributed by atoms with Crippen molar-refractivity contribution in [2.45, 2.75) is 31.7 Å². The molecule has 0 amide bonds. The second-order valence-corrected chi connectivity index (χ2v) is 6.27. The molecule has 4 nitrogen and oxygen atoms in total. The monoisotopic (exact) mass is 218 g/mol. The summed E-state index contributed by atoms with van der Waals surface area (Å²) < 4.78 is 25.5. The minimum Gasteiger partial charge on any atom is -0.313 e. The summed E-state index contributed by atoms with van der Waals surface area (Å²) in [6.45, 7) is 1.23. The maximum Gasteiger partial charge on any atom is 0.212 e. The second kappa shape index (κ2) is 4.16. The van der Waals surface area contributed by atoms with Crippen LogP contribution in [0.25, 0.3) is 0 Å². The van der Waals surface area contributed by atoms with Crippen LogP contribution < -0.4 is 10.0 Å². The molecule has 2 rings (SSSR count). The molecule has 0 unspecified atom stereocenters.